The SMILES string of the molecule is COc1cc(Br)c(O)c(CN2CCNCC2)c1OC. The van der Waals surface area contributed by atoms with Crippen molar-refractivity contribution >= 4 is 15.9 Å². The van der Waals surface area contributed by atoms with E-state index in [0.717, 1.165) is 31.7 Å². The van der Waals surface area contributed by atoms with Gasteiger partial charge in [0.25, 0.3) is 0 Å². The third-order valence-electron chi connectivity index (χ3n) is 3.28. The molecule has 1 saturated heterocycles. The lowest BCUT2D eigenvalue weighted by Crippen LogP contribution is -2.42. The van der Waals surface area contributed by atoms with Crippen LogP contribution in [0.15, 0.2) is 10.5 Å². The first-order chi connectivity index (χ1) is 9.17. The van der Waals surface area contributed by atoms with Crippen LogP contribution in [0.2, 0.25) is 0 Å². The van der Waals surface area contributed by atoms with E-state index < -0.39 is 0 Å². The molecule has 6 heteroatoms. The number of ether oxygens (including phenoxy) is 2. The van der Waals surface area contributed by atoms with E-state index in [0.29, 0.717) is 22.5 Å². The highest BCUT2D eigenvalue weighted by molar-refractivity contribution is 9.10. The summed E-state index contributed by atoms with van der Waals surface area (Å²) in [7, 11) is 3.18. The van der Waals surface area contributed by atoms with Crippen LogP contribution in [-0.4, -0.2) is 50.4 Å². The molecular weight excluding hydrogens is 312 g/mol. The average Bonchev–Trinajstić information content (AvgIpc) is 2.44. The highest BCUT2D eigenvalue weighted by Gasteiger charge is 2.21. The van der Waals surface area contributed by atoms with Gasteiger partial charge >= 0.3 is 0 Å². The molecule has 0 saturated carbocycles. The maximum absolute atomic E-state index is 10.2. The minimum Gasteiger partial charge on any atom is -0.506 e. The Labute approximate surface area is 121 Å². The molecule has 19 heavy (non-hydrogen) atoms. The summed E-state index contributed by atoms with van der Waals surface area (Å²) in [4.78, 5) is 2.28. The number of nitrogens with zero attached hydrogens (tertiary/aromatic N) is 1. The van der Waals surface area contributed by atoms with Crippen molar-refractivity contribution in [3.8, 4) is 17.2 Å². The number of nitrogens with one attached hydrogen (secondary N) is 1. The summed E-state index contributed by atoms with van der Waals surface area (Å²) < 4.78 is 11.3. The fraction of sp³-hybridized carbons (Fsp3) is 0.538. The first-order valence-electron chi connectivity index (χ1n) is 6.22. The van der Waals surface area contributed by atoms with Gasteiger partial charge < -0.3 is 19.9 Å². The zero-order valence-corrected chi connectivity index (χ0v) is 12.8. The number of halogens is 1. The Balaban J connectivity index is 2.33. The third-order valence-corrected chi connectivity index (χ3v) is 3.89. The van der Waals surface area contributed by atoms with Crippen LogP contribution in [0.3, 0.4) is 0 Å². The smallest absolute Gasteiger partial charge is 0.168 e. The monoisotopic (exact) mass is 330 g/mol. The zero-order chi connectivity index (χ0) is 13.8. The van der Waals surface area contributed by atoms with E-state index in [4.69, 9.17) is 9.47 Å². The van der Waals surface area contributed by atoms with Gasteiger partial charge in [-0.25, -0.2) is 0 Å². The molecule has 1 heterocycles. The lowest BCUT2D eigenvalue weighted by molar-refractivity contribution is 0.226. The van der Waals surface area contributed by atoms with Crippen LogP contribution < -0.4 is 14.8 Å². The van der Waals surface area contributed by atoms with Gasteiger partial charge in [0.15, 0.2) is 11.5 Å². The van der Waals surface area contributed by atoms with E-state index in [9.17, 15) is 5.11 Å². The number of aromatic hydroxyl groups is 1. The molecule has 106 valence electrons. The molecule has 2 N–H and O–H groups in total. The molecule has 1 aliphatic rings. The molecule has 1 aliphatic heterocycles. The number of phenolic OH excluding ortho intramolecular Hbond substituents is 1. The van der Waals surface area contributed by atoms with Crippen molar-refractivity contribution in [3.05, 3.63) is 16.1 Å². The van der Waals surface area contributed by atoms with Gasteiger partial charge in [-0.3, -0.25) is 4.90 Å². The van der Waals surface area contributed by atoms with E-state index in [-0.39, 0.29) is 5.75 Å². The summed E-state index contributed by atoms with van der Waals surface area (Å²) in [5.41, 5.74) is 0.760. The summed E-state index contributed by atoms with van der Waals surface area (Å²) in [5, 5.41) is 13.5. The summed E-state index contributed by atoms with van der Waals surface area (Å²) >= 11 is 3.35. The van der Waals surface area contributed by atoms with Gasteiger partial charge in [0.1, 0.15) is 5.75 Å². The molecule has 0 amide bonds. The summed E-state index contributed by atoms with van der Waals surface area (Å²) in [5.74, 6) is 1.44. The summed E-state index contributed by atoms with van der Waals surface area (Å²) in [6.07, 6.45) is 0. The maximum atomic E-state index is 10.2. The maximum Gasteiger partial charge on any atom is 0.168 e. The second kappa shape index (κ2) is 6.45. The number of benzene rings is 1. The highest BCUT2D eigenvalue weighted by Crippen LogP contribution is 2.42. The van der Waals surface area contributed by atoms with E-state index in [2.05, 4.69) is 26.1 Å². The predicted molar refractivity (Wildman–Crippen MR) is 77.1 cm³/mol. The van der Waals surface area contributed by atoms with Crippen molar-refractivity contribution in [2.45, 2.75) is 6.54 Å². The van der Waals surface area contributed by atoms with Crippen LogP contribution in [0.1, 0.15) is 5.56 Å². The Hall–Kier alpha value is -0.980. The lowest BCUT2D eigenvalue weighted by Gasteiger charge is -2.28. The summed E-state index contributed by atoms with van der Waals surface area (Å²) in [6, 6.07) is 1.72. The molecule has 0 radical (unpaired) electrons. The normalized spacial score (nSPS) is 16.4. The van der Waals surface area contributed by atoms with Crippen molar-refractivity contribution < 1.29 is 14.6 Å². The molecule has 1 aromatic rings. The van der Waals surface area contributed by atoms with Gasteiger partial charge in [-0.2, -0.15) is 0 Å². The highest BCUT2D eigenvalue weighted by atomic mass is 79.9. The van der Waals surface area contributed by atoms with Gasteiger partial charge in [-0.05, 0) is 15.9 Å². The third kappa shape index (κ3) is 3.13. The van der Waals surface area contributed by atoms with Gasteiger partial charge in [0.05, 0.1) is 24.3 Å². The van der Waals surface area contributed by atoms with Crippen molar-refractivity contribution in [1.82, 2.24) is 10.2 Å². The van der Waals surface area contributed by atoms with Crippen LogP contribution in [0.5, 0.6) is 17.2 Å². The molecule has 0 aromatic heterocycles. The summed E-state index contributed by atoms with van der Waals surface area (Å²) in [6.45, 7) is 4.49. The molecule has 0 unspecified atom stereocenters. The Kier molecular flexibility index (Phi) is 4.90. The van der Waals surface area contributed by atoms with Crippen LogP contribution in [0.25, 0.3) is 0 Å². The van der Waals surface area contributed by atoms with Crippen LogP contribution in [0, 0.1) is 0 Å². The first-order valence-corrected chi connectivity index (χ1v) is 7.02. The number of methoxy groups -OCH3 is 2. The van der Waals surface area contributed by atoms with E-state index in [1.165, 1.54) is 0 Å². The first kappa shape index (κ1) is 14.4. The van der Waals surface area contributed by atoms with E-state index >= 15 is 0 Å². The molecule has 1 fully saturated rings. The second-order valence-electron chi connectivity index (χ2n) is 4.45. The van der Waals surface area contributed by atoms with Crippen molar-refractivity contribution in [3.63, 3.8) is 0 Å². The largest absolute Gasteiger partial charge is 0.506 e. The average molecular weight is 331 g/mol. The molecule has 5 nitrogen and oxygen atoms in total. The predicted octanol–water partition coefficient (Wildman–Crippen LogP) is 1.58. The Morgan fingerprint density at radius 2 is 2.00 bits per heavy atom. The topological polar surface area (TPSA) is 54.0 Å². The number of phenols is 1. The molecule has 0 aliphatic carbocycles. The number of hydrogen-bond donors (Lipinski definition) is 2. The number of piperazine rings is 1. The molecule has 0 spiro atoms. The van der Waals surface area contributed by atoms with E-state index in [1.54, 1.807) is 20.3 Å². The molecule has 0 bridgehead atoms. The van der Waals surface area contributed by atoms with Crippen LogP contribution in [-0.2, 0) is 6.54 Å². The molecule has 0 atom stereocenters. The van der Waals surface area contributed by atoms with E-state index in [1.807, 2.05) is 0 Å². The van der Waals surface area contributed by atoms with Crippen LogP contribution >= 0.6 is 15.9 Å². The van der Waals surface area contributed by atoms with Gasteiger partial charge in [-0.1, -0.05) is 0 Å². The standard InChI is InChI=1S/C13H19BrN2O3/c1-18-11-7-10(14)12(17)9(13(11)19-2)8-16-5-3-15-4-6-16/h7,15,17H,3-6,8H2,1-2H3. The second-order valence-corrected chi connectivity index (χ2v) is 5.30. The molecule has 1 aromatic carbocycles. The van der Waals surface area contributed by atoms with Gasteiger partial charge in [-0.15, -0.1) is 0 Å². The number of rotatable bonds is 4. The fourth-order valence-corrected chi connectivity index (χ4v) is 2.71. The Bertz CT molecular complexity index is 448. The van der Waals surface area contributed by atoms with Crippen molar-refractivity contribution in [1.29, 1.82) is 0 Å². The minimum atomic E-state index is 0.219. The zero-order valence-electron chi connectivity index (χ0n) is 11.2. The minimum absolute atomic E-state index is 0.219. The lowest BCUT2D eigenvalue weighted by atomic mass is 10.1. The Morgan fingerprint density at radius 3 is 2.58 bits per heavy atom. The van der Waals surface area contributed by atoms with Crippen molar-refractivity contribution in [2.75, 3.05) is 40.4 Å². The Morgan fingerprint density at radius 1 is 1.32 bits per heavy atom. The number of hydrogen-bond acceptors (Lipinski definition) is 5. The quantitative estimate of drug-likeness (QED) is 0.877. The van der Waals surface area contributed by atoms with Crippen molar-refractivity contribution in [2.24, 2.45) is 0 Å². The molecular formula is C13H19BrN2O3. The molecule has 2 rings (SSSR count). The van der Waals surface area contributed by atoms with Crippen LogP contribution in [0.4, 0.5) is 0 Å². The van der Waals surface area contributed by atoms with Gasteiger partial charge in [0.2, 0.25) is 0 Å². The van der Waals surface area contributed by atoms with Gasteiger partial charge in [0, 0.05) is 38.8 Å². The fourth-order valence-electron chi connectivity index (χ4n) is 2.26.